The van der Waals surface area contributed by atoms with Gasteiger partial charge in [0.15, 0.2) is 0 Å². The Kier molecular flexibility index (Phi) is 6.23. The molecule has 1 aromatic rings. The van der Waals surface area contributed by atoms with E-state index in [1.807, 2.05) is 20.8 Å². The van der Waals surface area contributed by atoms with Crippen LogP contribution < -0.4 is 0 Å². The highest BCUT2D eigenvalue weighted by molar-refractivity contribution is 5.86. The number of piperidine rings is 1. The second-order valence-electron chi connectivity index (χ2n) is 8.35. The van der Waals surface area contributed by atoms with Crippen LogP contribution in [0.3, 0.4) is 0 Å². The molecular formula is C21H29FN2O4. The van der Waals surface area contributed by atoms with Crippen molar-refractivity contribution in [1.82, 2.24) is 9.80 Å². The lowest BCUT2D eigenvalue weighted by molar-refractivity contribution is -0.146. The zero-order chi connectivity index (χ0) is 20.3. The number of hydrogen-bond donors (Lipinski definition) is 0. The molecule has 2 heterocycles. The molecule has 2 aliphatic heterocycles. The van der Waals surface area contributed by atoms with Crippen molar-refractivity contribution in [2.24, 2.45) is 0 Å². The highest BCUT2D eigenvalue weighted by Crippen LogP contribution is 2.27. The largest absolute Gasteiger partial charge is 0.444 e. The van der Waals surface area contributed by atoms with Gasteiger partial charge in [-0.2, -0.15) is 0 Å². The second kappa shape index (κ2) is 8.47. The first kappa shape index (κ1) is 20.6. The molecule has 0 spiro atoms. The van der Waals surface area contributed by atoms with Crippen molar-refractivity contribution in [1.29, 1.82) is 0 Å². The van der Waals surface area contributed by atoms with Crippen LogP contribution in [0.2, 0.25) is 0 Å². The van der Waals surface area contributed by atoms with E-state index in [4.69, 9.17) is 9.47 Å². The Balaban J connectivity index is 1.72. The summed E-state index contributed by atoms with van der Waals surface area (Å²) in [6.07, 6.45) is 1.39. The van der Waals surface area contributed by atoms with E-state index in [0.717, 1.165) is 12.8 Å². The lowest BCUT2D eigenvalue weighted by Crippen LogP contribution is -2.56. The molecule has 0 N–H and O–H groups in total. The van der Waals surface area contributed by atoms with Crippen LogP contribution >= 0.6 is 0 Å². The maximum atomic E-state index is 14.1. The van der Waals surface area contributed by atoms with Crippen LogP contribution in [0.25, 0.3) is 0 Å². The number of likely N-dealkylation sites (tertiary alicyclic amines) is 1. The van der Waals surface area contributed by atoms with Crippen LogP contribution in [0.4, 0.5) is 9.18 Å². The van der Waals surface area contributed by atoms with Crippen LogP contribution in [0.1, 0.15) is 51.7 Å². The number of ether oxygens (including phenoxy) is 2. The quantitative estimate of drug-likeness (QED) is 0.773. The maximum Gasteiger partial charge on any atom is 0.410 e. The van der Waals surface area contributed by atoms with Crippen LogP contribution in [-0.2, 0) is 14.3 Å². The molecule has 2 atom stereocenters. The molecule has 154 valence electrons. The fourth-order valence-corrected chi connectivity index (χ4v) is 3.71. The number of morpholine rings is 1. The third-order valence-electron chi connectivity index (χ3n) is 5.05. The number of carbonyl (C=O) groups is 2. The number of hydrogen-bond acceptors (Lipinski definition) is 4. The molecule has 2 fully saturated rings. The normalized spacial score (nSPS) is 23.4. The van der Waals surface area contributed by atoms with Crippen molar-refractivity contribution in [3.05, 3.63) is 35.6 Å². The van der Waals surface area contributed by atoms with E-state index in [-0.39, 0.29) is 18.3 Å². The molecule has 0 aliphatic carbocycles. The van der Waals surface area contributed by atoms with Crippen molar-refractivity contribution >= 4 is 12.0 Å². The van der Waals surface area contributed by atoms with E-state index >= 15 is 0 Å². The third-order valence-corrected chi connectivity index (χ3v) is 5.05. The number of nitrogens with zero attached hydrogens (tertiary/aromatic N) is 2. The smallest absolute Gasteiger partial charge is 0.410 e. The van der Waals surface area contributed by atoms with E-state index in [9.17, 15) is 14.0 Å². The number of amides is 2. The van der Waals surface area contributed by atoms with Crippen molar-refractivity contribution < 1.29 is 23.5 Å². The van der Waals surface area contributed by atoms with Gasteiger partial charge in [-0.25, -0.2) is 9.18 Å². The summed E-state index contributed by atoms with van der Waals surface area (Å²) in [4.78, 5) is 29.1. The molecule has 0 saturated carbocycles. The zero-order valence-electron chi connectivity index (χ0n) is 16.8. The molecule has 2 amide bonds. The topological polar surface area (TPSA) is 59.1 Å². The molecule has 2 unspecified atom stereocenters. The van der Waals surface area contributed by atoms with Gasteiger partial charge in [0.25, 0.3) is 0 Å². The molecule has 28 heavy (non-hydrogen) atoms. The van der Waals surface area contributed by atoms with Crippen LogP contribution in [0, 0.1) is 5.82 Å². The number of halogens is 1. The van der Waals surface area contributed by atoms with Gasteiger partial charge < -0.3 is 14.4 Å². The minimum atomic E-state index is -0.614. The molecule has 0 radical (unpaired) electrons. The Labute approximate surface area is 165 Å². The minimum absolute atomic E-state index is 0.116. The standard InChI is InChI=1S/C21H29FN2O4/c1-21(2,3)28-20(26)24-11-7-6-10-17(24)19(25)23-12-13-27-18(14-23)15-8-4-5-9-16(15)22/h4-5,8-9,17-18H,6-7,10-14H2,1-3H3. The van der Waals surface area contributed by atoms with E-state index < -0.39 is 23.8 Å². The molecule has 1 aromatic carbocycles. The SMILES string of the molecule is CC(C)(C)OC(=O)N1CCCCC1C(=O)N1CCOC(c2ccccc2F)C1. The Bertz CT molecular complexity index is 719. The molecule has 7 heteroatoms. The van der Waals surface area contributed by atoms with Crippen molar-refractivity contribution in [2.45, 2.75) is 57.8 Å². The van der Waals surface area contributed by atoms with E-state index in [1.54, 1.807) is 28.0 Å². The lowest BCUT2D eigenvalue weighted by Gasteiger charge is -2.40. The monoisotopic (exact) mass is 392 g/mol. The number of rotatable bonds is 2. The molecule has 3 rings (SSSR count). The molecule has 2 aliphatic rings. The van der Waals surface area contributed by atoms with E-state index in [0.29, 0.717) is 31.7 Å². The Hall–Kier alpha value is -2.15. The summed E-state index contributed by atoms with van der Waals surface area (Å²) < 4.78 is 25.3. The number of benzene rings is 1. The van der Waals surface area contributed by atoms with Gasteiger partial charge >= 0.3 is 6.09 Å². The van der Waals surface area contributed by atoms with Gasteiger partial charge in [-0.1, -0.05) is 18.2 Å². The Morgan fingerprint density at radius 3 is 2.64 bits per heavy atom. The van der Waals surface area contributed by atoms with Gasteiger partial charge in [0.1, 0.15) is 23.6 Å². The maximum absolute atomic E-state index is 14.1. The fraction of sp³-hybridized carbons (Fsp3) is 0.619. The van der Waals surface area contributed by atoms with Gasteiger partial charge in [0.05, 0.1) is 13.2 Å². The Morgan fingerprint density at radius 2 is 1.93 bits per heavy atom. The third kappa shape index (κ3) is 4.82. The summed E-state index contributed by atoms with van der Waals surface area (Å²) >= 11 is 0. The van der Waals surface area contributed by atoms with Crippen LogP contribution in [-0.4, -0.2) is 59.7 Å². The van der Waals surface area contributed by atoms with E-state index in [1.165, 1.54) is 6.07 Å². The first-order valence-corrected chi connectivity index (χ1v) is 9.91. The van der Waals surface area contributed by atoms with Crippen LogP contribution in [0.15, 0.2) is 24.3 Å². The van der Waals surface area contributed by atoms with Crippen LogP contribution in [0.5, 0.6) is 0 Å². The lowest BCUT2D eigenvalue weighted by atomic mass is 10.00. The van der Waals surface area contributed by atoms with Gasteiger partial charge in [-0.15, -0.1) is 0 Å². The zero-order valence-corrected chi connectivity index (χ0v) is 16.8. The van der Waals surface area contributed by atoms with Gasteiger partial charge in [0.2, 0.25) is 5.91 Å². The predicted molar refractivity (Wildman–Crippen MR) is 102 cm³/mol. The molecule has 2 saturated heterocycles. The van der Waals surface area contributed by atoms with Gasteiger partial charge in [-0.3, -0.25) is 9.69 Å². The van der Waals surface area contributed by atoms with Crippen molar-refractivity contribution in [3.8, 4) is 0 Å². The fourth-order valence-electron chi connectivity index (χ4n) is 3.71. The highest BCUT2D eigenvalue weighted by Gasteiger charge is 2.38. The minimum Gasteiger partial charge on any atom is -0.444 e. The molecule has 6 nitrogen and oxygen atoms in total. The molecule has 0 bridgehead atoms. The highest BCUT2D eigenvalue weighted by atomic mass is 19.1. The number of carbonyl (C=O) groups excluding carboxylic acids is 2. The first-order chi connectivity index (χ1) is 13.3. The van der Waals surface area contributed by atoms with E-state index in [2.05, 4.69) is 0 Å². The average Bonchev–Trinajstić information content (AvgIpc) is 2.66. The van der Waals surface area contributed by atoms with Crippen molar-refractivity contribution in [2.75, 3.05) is 26.2 Å². The summed E-state index contributed by atoms with van der Waals surface area (Å²) in [7, 11) is 0. The van der Waals surface area contributed by atoms with Crippen molar-refractivity contribution in [3.63, 3.8) is 0 Å². The summed E-state index contributed by atoms with van der Waals surface area (Å²) in [5, 5.41) is 0. The molecule has 0 aromatic heterocycles. The molecular weight excluding hydrogens is 363 g/mol. The summed E-state index contributed by atoms with van der Waals surface area (Å²) in [5.41, 5.74) is -0.163. The summed E-state index contributed by atoms with van der Waals surface area (Å²) in [5.74, 6) is -0.454. The summed E-state index contributed by atoms with van der Waals surface area (Å²) in [6.45, 7) is 6.99. The second-order valence-corrected chi connectivity index (χ2v) is 8.35. The van der Waals surface area contributed by atoms with Gasteiger partial charge in [0, 0.05) is 18.7 Å². The average molecular weight is 392 g/mol. The predicted octanol–water partition coefficient (Wildman–Crippen LogP) is 3.52. The van der Waals surface area contributed by atoms with Gasteiger partial charge in [-0.05, 0) is 46.1 Å². The first-order valence-electron chi connectivity index (χ1n) is 9.91. The summed E-state index contributed by atoms with van der Waals surface area (Å²) in [6, 6.07) is 5.93. The Morgan fingerprint density at radius 1 is 1.18 bits per heavy atom.